The number of hydrogen-bond donors (Lipinski definition) is 1. The number of hydrazine groups is 2. The van der Waals surface area contributed by atoms with Crippen molar-refractivity contribution in [1.29, 1.82) is 0 Å². The van der Waals surface area contributed by atoms with E-state index in [1.54, 1.807) is 11.3 Å². The van der Waals surface area contributed by atoms with Crippen LogP contribution >= 0.6 is 50.3 Å². The predicted molar refractivity (Wildman–Crippen MR) is 115 cm³/mol. The van der Waals surface area contributed by atoms with Gasteiger partial charge in [0.1, 0.15) is 9.39 Å². The lowest BCUT2D eigenvalue weighted by Crippen LogP contribution is -2.40. The average Bonchev–Trinajstić information content (AvgIpc) is 3.19. The van der Waals surface area contributed by atoms with Crippen molar-refractivity contribution in [2.75, 3.05) is 5.12 Å². The molecule has 1 N–H and O–H groups in total. The molecule has 2 aromatic carbocycles. The highest BCUT2D eigenvalue weighted by Crippen LogP contribution is 2.29. The van der Waals surface area contributed by atoms with Crippen LogP contribution in [0.4, 0.5) is 5.69 Å². The number of anilines is 1. The van der Waals surface area contributed by atoms with Crippen molar-refractivity contribution in [2.45, 2.75) is 6.42 Å². The molecule has 0 fully saturated rings. The Balaban J connectivity index is 1.56. The van der Waals surface area contributed by atoms with Gasteiger partial charge < -0.3 is 0 Å². The summed E-state index contributed by atoms with van der Waals surface area (Å²) in [6, 6.07) is 17.8. The first kappa shape index (κ1) is 17.6. The maximum Gasteiger partial charge on any atom is 0.163 e. The second kappa shape index (κ2) is 7.45. The second-order valence-electron chi connectivity index (χ2n) is 5.57. The van der Waals surface area contributed by atoms with Gasteiger partial charge in [0, 0.05) is 11.4 Å². The quantitative estimate of drug-likeness (QED) is 0.388. The molecule has 0 bridgehead atoms. The Bertz CT molecular complexity index is 961. The van der Waals surface area contributed by atoms with Gasteiger partial charge in [0.2, 0.25) is 0 Å². The highest BCUT2D eigenvalue weighted by atomic mass is 127. The molecule has 26 heavy (non-hydrogen) atoms. The molecule has 2 heterocycles. The third-order valence-electron chi connectivity index (χ3n) is 3.84. The van der Waals surface area contributed by atoms with Gasteiger partial charge in [-0.2, -0.15) is 19.8 Å². The fraction of sp³-hybridized carbons (Fsp3) is 0.0588. The fourth-order valence-corrected chi connectivity index (χ4v) is 3.99. The van der Waals surface area contributed by atoms with E-state index in [4.69, 9.17) is 11.6 Å². The first-order valence-electron chi connectivity index (χ1n) is 7.75. The lowest BCUT2D eigenvalue weighted by molar-refractivity contribution is 0.568. The van der Waals surface area contributed by atoms with E-state index in [9.17, 15) is 0 Å². The Morgan fingerprint density at radius 3 is 2.69 bits per heavy atom. The van der Waals surface area contributed by atoms with Crippen molar-refractivity contribution >= 4 is 61.9 Å². The van der Waals surface area contributed by atoms with Gasteiger partial charge >= 0.3 is 0 Å². The van der Waals surface area contributed by atoms with E-state index in [1.807, 2.05) is 51.2 Å². The van der Waals surface area contributed by atoms with Crippen LogP contribution < -0.4 is 10.7 Å². The van der Waals surface area contributed by atoms with Crippen LogP contribution in [0.1, 0.15) is 5.56 Å². The lowest BCUT2D eigenvalue weighted by atomic mass is 10.1. The van der Waals surface area contributed by atoms with E-state index in [-0.39, 0.29) is 0 Å². The molecule has 1 aliphatic rings. The number of aromatic nitrogens is 2. The predicted octanol–water partition coefficient (Wildman–Crippen LogP) is 4.54. The van der Waals surface area contributed by atoms with E-state index in [0.29, 0.717) is 11.4 Å². The molecule has 0 radical (unpaired) electrons. The number of rotatable bonds is 4. The molecule has 0 aliphatic carbocycles. The van der Waals surface area contributed by atoms with Crippen LogP contribution in [0.3, 0.4) is 0 Å². The first-order chi connectivity index (χ1) is 12.6. The summed E-state index contributed by atoms with van der Waals surface area (Å²) >= 11 is 11.9. The van der Waals surface area contributed by atoms with Gasteiger partial charge in [-0.25, -0.2) is 4.68 Å². The molecule has 0 unspecified atom stereocenters. The molecule has 0 saturated carbocycles. The third kappa shape index (κ3) is 3.40. The van der Waals surface area contributed by atoms with Crippen LogP contribution in [-0.2, 0) is 6.42 Å². The summed E-state index contributed by atoms with van der Waals surface area (Å²) in [5.41, 5.74) is 5.98. The summed E-state index contributed by atoms with van der Waals surface area (Å²) in [6.07, 6.45) is 2.49. The molecule has 3 aromatic rings. The van der Waals surface area contributed by atoms with Crippen molar-refractivity contribution in [2.24, 2.45) is 5.10 Å². The Morgan fingerprint density at radius 1 is 1.12 bits per heavy atom. The molecule has 6 nitrogen and oxygen atoms in total. The zero-order valence-corrected chi connectivity index (χ0v) is 17.8. The highest BCUT2D eigenvalue weighted by molar-refractivity contribution is 14.1. The molecule has 0 spiro atoms. The summed E-state index contributed by atoms with van der Waals surface area (Å²) in [6.45, 7) is 0. The van der Waals surface area contributed by atoms with Gasteiger partial charge in [0.25, 0.3) is 0 Å². The van der Waals surface area contributed by atoms with Gasteiger partial charge in [0.15, 0.2) is 5.84 Å². The van der Waals surface area contributed by atoms with Gasteiger partial charge in [0.05, 0.1) is 28.0 Å². The monoisotopic (exact) mass is 542 g/mol. The maximum absolute atomic E-state index is 6.10. The van der Waals surface area contributed by atoms with Gasteiger partial charge in [-0.15, -0.1) is 5.10 Å². The van der Waals surface area contributed by atoms with Gasteiger partial charge in [-0.1, -0.05) is 48.0 Å². The molecule has 0 amide bonds. The molecule has 0 atom stereocenters. The number of nitrogens with zero attached hydrogens (tertiary/aromatic N) is 5. The van der Waals surface area contributed by atoms with Crippen molar-refractivity contribution in [3.63, 3.8) is 0 Å². The van der Waals surface area contributed by atoms with Gasteiger partial charge in [-0.05, 0) is 46.4 Å². The second-order valence-corrected chi connectivity index (χ2v) is 7.70. The summed E-state index contributed by atoms with van der Waals surface area (Å²) in [5, 5.41) is 11.4. The summed E-state index contributed by atoms with van der Waals surface area (Å²) < 4.78 is 4.57. The number of hydrogen-bond acceptors (Lipinski definition) is 5. The minimum Gasteiger partial charge on any atom is -0.225 e. The molecule has 1 aliphatic heterocycles. The van der Waals surface area contributed by atoms with Crippen LogP contribution in [0, 0.1) is 3.70 Å². The number of benzene rings is 2. The van der Waals surface area contributed by atoms with E-state index in [2.05, 4.69) is 66.6 Å². The minimum atomic E-state index is 0.672. The van der Waals surface area contributed by atoms with Crippen molar-refractivity contribution in [3.8, 4) is 5.69 Å². The van der Waals surface area contributed by atoms with Crippen LogP contribution in [0.15, 0.2) is 65.9 Å². The van der Waals surface area contributed by atoms with Crippen LogP contribution in [-0.4, -0.2) is 19.7 Å². The number of amidine groups is 1. The van der Waals surface area contributed by atoms with E-state index < -0.39 is 0 Å². The number of halogens is 3. The fourth-order valence-electron chi connectivity index (χ4n) is 2.59. The highest BCUT2D eigenvalue weighted by Gasteiger charge is 2.28. The van der Waals surface area contributed by atoms with Gasteiger partial charge in [-0.3, -0.25) is 0 Å². The molecule has 4 rings (SSSR count). The Morgan fingerprint density at radius 2 is 1.92 bits per heavy atom. The average molecular weight is 544 g/mol. The first-order valence-corrected chi connectivity index (χ1v) is 9.91. The van der Waals surface area contributed by atoms with E-state index in [1.165, 1.54) is 5.56 Å². The SMILES string of the molecule is Clc1cccc(-n2ncc(N3NN=C(Cc4ccccc4)N3Br)c2I)c1. The van der Waals surface area contributed by atoms with Crippen LogP contribution in [0.5, 0.6) is 0 Å². The van der Waals surface area contributed by atoms with E-state index in [0.717, 1.165) is 20.9 Å². The molecular formula is C17H13BrClIN6. The van der Waals surface area contributed by atoms with Crippen molar-refractivity contribution < 1.29 is 0 Å². The van der Waals surface area contributed by atoms with Crippen LogP contribution in [0.2, 0.25) is 5.02 Å². The maximum atomic E-state index is 6.10. The smallest absolute Gasteiger partial charge is 0.163 e. The third-order valence-corrected chi connectivity index (χ3v) is 5.81. The standard InChI is InChI=1S/C17H13BrClIN6/c18-25-16(9-12-5-2-1-3-6-12)22-23-26(25)15-11-21-24(17(15)20)14-8-4-7-13(19)10-14/h1-8,10-11,23H,9H2. The zero-order valence-electron chi connectivity index (χ0n) is 13.4. The Kier molecular flexibility index (Phi) is 5.05. The topological polar surface area (TPSA) is 48.7 Å². The number of hydrazone groups is 1. The van der Waals surface area contributed by atoms with Crippen molar-refractivity contribution in [3.05, 3.63) is 75.1 Å². The summed E-state index contributed by atoms with van der Waals surface area (Å²) in [5.74, 6) is 0.850. The molecular weight excluding hydrogens is 530 g/mol. The summed E-state index contributed by atoms with van der Waals surface area (Å²) in [4.78, 5) is 0. The van der Waals surface area contributed by atoms with Crippen LogP contribution in [0.25, 0.3) is 5.69 Å². The molecule has 0 saturated heterocycles. The molecule has 1 aromatic heterocycles. The van der Waals surface area contributed by atoms with E-state index >= 15 is 0 Å². The molecule has 9 heteroatoms. The lowest BCUT2D eigenvalue weighted by Gasteiger charge is -2.23. The summed E-state index contributed by atoms with van der Waals surface area (Å²) in [7, 11) is 0. The zero-order chi connectivity index (χ0) is 18.1. The Labute approximate surface area is 177 Å². The minimum absolute atomic E-state index is 0.672. The molecule has 132 valence electrons. The van der Waals surface area contributed by atoms with Crippen molar-refractivity contribution in [1.82, 2.24) is 19.4 Å². The number of nitrogens with one attached hydrogen (secondary N) is 1. The normalized spacial score (nSPS) is 13.7. The largest absolute Gasteiger partial charge is 0.225 e. The Hall–Kier alpha value is -1.78.